The lowest BCUT2D eigenvalue weighted by atomic mass is 9.78. The molecule has 1 aliphatic rings. The summed E-state index contributed by atoms with van der Waals surface area (Å²) in [5, 5.41) is 0. The van der Waals surface area contributed by atoms with Gasteiger partial charge in [-0.1, -0.05) is 63.9 Å². The minimum atomic E-state index is -0.476. The first-order chi connectivity index (χ1) is 10.2. The highest BCUT2D eigenvalue weighted by Gasteiger charge is 2.40. The SMILES string of the molecule is CC(C)(C)C(C)(C)OC(=O)[C@@H](c1ccccc1)C1CCCC1. The highest BCUT2D eigenvalue weighted by atomic mass is 16.6. The summed E-state index contributed by atoms with van der Waals surface area (Å²) >= 11 is 0. The first kappa shape index (κ1) is 17.1. The summed E-state index contributed by atoms with van der Waals surface area (Å²) in [7, 11) is 0. The summed E-state index contributed by atoms with van der Waals surface area (Å²) in [4.78, 5) is 13.0. The Balaban J connectivity index is 2.24. The summed E-state index contributed by atoms with van der Waals surface area (Å²) in [6, 6.07) is 10.2. The van der Waals surface area contributed by atoms with Gasteiger partial charge in [0.25, 0.3) is 0 Å². The van der Waals surface area contributed by atoms with Crippen molar-refractivity contribution in [3.63, 3.8) is 0 Å². The van der Waals surface area contributed by atoms with E-state index in [1.54, 1.807) is 0 Å². The molecule has 1 saturated carbocycles. The zero-order chi connectivity index (χ0) is 16.4. The standard InChI is InChI=1S/C20H30O2/c1-19(2,3)20(4,5)22-18(21)17(16-13-9-10-14-16)15-11-7-6-8-12-15/h6-8,11-12,16-17H,9-10,13-14H2,1-5H3/t17-/m0/s1. The van der Waals surface area contributed by atoms with Gasteiger partial charge in [0.2, 0.25) is 0 Å². The van der Waals surface area contributed by atoms with Crippen molar-refractivity contribution in [3.05, 3.63) is 35.9 Å². The van der Waals surface area contributed by atoms with E-state index in [1.165, 1.54) is 12.8 Å². The molecule has 0 amide bonds. The van der Waals surface area contributed by atoms with Crippen LogP contribution in [0.25, 0.3) is 0 Å². The molecule has 0 heterocycles. The van der Waals surface area contributed by atoms with Crippen LogP contribution in [-0.4, -0.2) is 11.6 Å². The lowest BCUT2D eigenvalue weighted by Gasteiger charge is -2.39. The molecule has 1 atom stereocenters. The fourth-order valence-electron chi connectivity index (χ4n) is 3.02. The van der Waals surface area contributed by atoms with Crippen LogP contribution in [0.5, 0.6) is 0 Å². The zero-order valence-electron chi connectivity index (χ0n) is 14.7. The molecular weight excluding hydrogens is 272 g/mol. The maximum Gasteiger partial charge on any atom is 0.314 e. The molecule has 1 fully saturated rings. The number of carbonyl (C=O) groups is 1. The molecule has 0 radical (unpaired) electrons. The fraction of sp³-hybridized carbons (Fsp3) is 0.650. The van der Waals surface area contributed by atoms with E-state index in [0.717, 1.165) is 18.4 Å². The number of hydrogen-bond acceptors (Lipinski definition) is 2. The molecule has 2 nitrogen and oxygen atoms in total. The van der Waals surface area contributed by atoms with Gasteiger partial charge in [-0.05, 0) is 38.2 Å². The van der Waals surface area contributed by atoms with Crippen LogP contribution >= 0.6 is 0 Å². The lowest BCUT2D eigenvalue weighted by molar-refractivity contribution is -0.170. The third-order valence-corrected chi connectivity index (χ3v) is 5.45. The van der Waals surface area contributed by atoms with Crippen molar-refractivity contribution < 1.29 is 9.53 Å². The summed E-state index contributed by atoms with van der Waals surface area (Å²) in [5.41, 5.74) is 0.541. The first-order valence-electron chi connectivity index (χ1n) is 8.50. The van der Waals surface area contributed by atoms with Gasteiger partial charge < -0.3 is 4.74 Å². The maximum absolute atomic E-state index is 13.0. The summed E-state index contributed by atoms with van der Waals surface area (Å²) in [6.45, 7) is 10.4. The molecule has 0 aromatic heterocycles. The van der Waals surface area contributed by atoms with Gasteiger partial charge in [0.1, 0.15) is 5.60 Å². The summed E-state index contributed by atoms with van der Waals surface area (Å²) < 4.78 is 5.99. The lowest BCUT2D eigenvalue weighted by Crippen LogP contribution is -2.43. The monoisotopic (exact) mass is 302 g/mol. The van der Waals surface area contributed by atoms with E-state index in [4.69, 9.17) is 4.74 Å². The van der Waals surface area contributed by atoms with Crippen molar-refractivity contribution in [1.82, 2.24) is 0 Å². The van der Waals surface area contributed by atoms with Crippen LogP contribution in [-0.2, 0) is 9.53 Å². The molecule has 1 aromatic rings. The minimum Gasteiger partial charge on any atom is -0.459 e. The Morgan fingerprint density at radius 2 is 1.59 bits per heavy atom. The van der Waals surface area contributed by atoms with Crippen molar-refractivity contribution in [2.45, 2.75) is 71.8 Å². The molecule has 0 unspecified atom stereocenters. The average molecular weight is 302 g/mol. The van der Waals surface area contributed by atoms with Crippen LogP contribution < -0.4 is 0 Å². The van der Waals surface area contributed by atoms with Crippen molar-refractivity contribution >= 4 is 5.97 Å². The Labute approximate surface area is 135 Å². The Hall–Kier alpha value is -1.31. The van der Waals surface area contributed by atoms with Gasteiger partial charge in [-0.3, -0.25) is 4.79 Å². The maximum atomic E-state index is 13.0. The number of hydrogen-bond donors (Lipinski definition) is 0. The van der Waals surface area contributed by atoms with Gasteiger partial charge in [0, 0.05) is 5.41 Å². The van der Waals surface area contributed by atoms with Gasteiger partial charge in [-0.15, -0.1) is 0 Å². The molecule has 2 heteroatoms. The second-order valence-electron chi connectivity index (χ2n) is 8.11. The predicted molar refractivity (Wildman–Crippen MR) is 90.8 cm³/mol. The quantitative estimate of drug-likeness (QED) is 0.703. The molecule has 122 valence electrons. The minimum absolute atomic E-state index is 0.0574. The number of ether oxygens (including phenoxy) is 1. The van der Waals surface area contributed by atoms with Crippen molar-refractivity contribution in [2.24, 2.45) is 11.3 Å². The molecule has 1 aromatic carbocycles. The fourth-order valence-corrected chi connectivity index (χ4v) is 3.02. The van der Waals surface area contributed by atoms with Gasteiger partial charge in [-0.2, -0.15) is 0 Å². The van der Waals surface area contributed by atoms with Crippen LogP contribution in [0.2, 0.25) is 0 Å². The van der Waals surface area contributed by atoms with Gasteiger partial charge >= 0.3 is 5.97 Å². The van der Waals surface area contributed by atoms with Crippen LogP contribution in [0.4, 0.5) is 0 Å². The van der Waals surface area contributed by atoms with Crippen LogP contribution in [0.1, 0.15) is 71.8 Å². The Bertz CT molecular complexity index is 490. The predicted octanol–water partition coefficient (Wildman–Crippen LogP) is 5.33. The summed E-state index contributed by atoms with van der Waals surface area (Å²) in [6.07, 6.45) is 4.71. The van der Waals surface area contributed by atoms with Crippen molar-refractivity contribution in [3.8, 4) is 0 Å². The molecule has 2 rings (SSSR count). The molecule has 1 aliphatic carbocycles. The van der Waals surface area contributed by atoms with E-state index in [-0.39, 0.29) is 17.3 Å². The second kappa shape index (κ2) is 6.44. The number of benzene rings is 1. The Kier molecular flexibility index (Phi) is 4.99. The van der Waals surface area contributed by atoms with Gasteiger partial charge in [0.15, 0.2) is 0 Å². The number of rotatable bonds is 4. The highest BCUT2D eigenvalue weighted by Crippen LogP contribution is 2.41. The van der Waals surface area contributed by atoms with Crippen molar-refractivity contribution in [1.29, 1.82) is 0 Å². The third kappa shape index (κ3) is 3.71. The van der Waals surface area contributed by atoms with E-state index in [9.17, 15) is 4.79 Å². The molecule has 0 N–H and O–H groups in total. The van der Waals surface area contributed by atoms with Crippen LogP contribution in [0, 0.1) is 11.3 Å². The van der Waals surface area contributed by atoms with E-state index in [0.29, 0.717) is 5.92 Å². The number of carbonyl (C=O) groups excluding carboxylic acids is 1. The van der Waals surface area contributed by atoms with Crippen LogP contribution in [0.15, 0.2) is 30.3 Å². The first-order valence-corrected chi connectivity index (χ1v) is 8.50. The zero-order valence-corrected chi connectivity index (χ0v) is 14.7. The molecule has 0 aliphatic heterocycles. The third-order valence-electron chi connectivity index (χ3n) is 5.45. The van der Waals surface area contributed by atoms with E-state index in [2.05, 4.69) is 32.9 Å². The number of esters is 1. The molecule has 0 bridgehead atoms. The highest BCUT2D eigenvalue weighted by molar-refractivity contribution is 5.79. The van der Waals surface area contributed by atoms with E-state index >= 15 is 0 Å². The van der Waals surface area contributed by atoms with Crippen LogP contribution in [0.3, 0.4) is 0 Å². The largest absolute Gasteiger partial charge is 0.459 e. The van der Waals surface area contributed by atoms with Gasteiger partial charge in [-0.25, -0.2) is 0 Å². The Morgan fingerprint density at radius 1 is 1.05 bits per heavy atom. The normalized spacial score (nSPS) is 18.2. The van der Waals surface area contributed by atoms with Crippen molar-refractivity contribution in [2.75, 3.05) is 0 Å². The Morgan fingerprint density at radius 3 is 2.09 bits per heavy atom. The molecule has 22 heavy (non-hydrogen) atoms. The topological polar surface area (TPSA) is 26.3 Å². The van der Waals surface area contributed by atoms with E-state index in [1.807, 2.05) is 32.0 Å². The van der Waals surface area contributed by atoms with E-state index < -0.39 is 5.60 Å². The average Bonchev–Trinajstić information content (AvgIpc) is 2.92. The molecule has 0 saturated heterocycles. The molecular formula is C20H30O2. The smallest absolute Gasteiger partial charge is 0.314 e. The summed E-state index contributed by atoms with van der Waals surface area (Å²) in [5.74, 6) is 0.244. The molecule has 0 spiro atoms. The second-order valence-corrected chi connectivity index (χ2v) is 8.11. The van der Waals surface area contributed by atoms with Gasteiger partial charge in [0.05, 0.1) is 5.92 Å².